The van der Waals surface area contributed by atoms with E-state index < -0.39 is 0 Å². The van der Waals surface area contributed by atoms with Crippen molar-refractivity contribution in [3.05, 3.63) is 0 Å². The molecular weight excluding hydrogens is 396 g/mol. The monoisotopic (exact) mass is 436 g/mol. The van der Waals surface area contributed by atoms with Gasteiger partial charge in [-0.15, -0.1) is 0 Å². The van der Waals surface area contributed by atoms with Crippen molar-refractivity contribution in [3.63, 3.8) is 0 Å². The van der Waals surface area contributed by atoms with E-state index in [4.69, 9.17) is 9.47 Å². The van der Waals surface area contributed by atoms with E-state index in [1.165, 1.54) is 65.1 Å². The number of nitrogens with zero attached hydrogens (tertiary/aromatic N) is 4. The lowest BCUT2D eigenvalue weighted by Gasteiger charge is -2.43. The second-order valence-electron chi connectivity index (χ2n) is 9.92. The summed E-state index contributed by atoms with van der Waals surface area (Å²) in [5, 5.41) is 0. The van der Waals surface area contributed by atoms with Crippen molar-refractivity contribution in [2.75, 3.05) is 60.0 Å². The first-order valence-corrected chi connectivity index (χ1v) is 12.2. The molecule has 4 aliphatic rings. The molecule has 8 nitrogen and oxygen atoms in total. The molecule has 0 aromatic heterocycles. The molecule has 31 heavy (non-hydrogen) atoms. The van der Waals surface area contributed by atoms with Crippen LogP contribution in [0.4, 0.5) is 4.79 Å². The second-order valence-corrected chi connectivity index (χ2v) is 9.92. The number of ether oxygens (including phenoxy) is 2. The predicted octanol–water partition coefficient (Wildman–Crippen LogP) is 1.99. The molecule has 3 heterocycles. The van der Waals surface area contributed by atoms with Crippen LogP contribution in [0.3, 0.4) is 0 Å². The molecule has 0 aromatic rings. The van der Waals surface area contributed by atoms with E-state index in [1.807, 2.05) is 0 Å². The lowest BCUT2D eigenvalue weighted by atomic mass is 9.90. The van der Waals surface area contributed by atoms with Gasteiger partial charge in [0.05, 0.1) is 20.2 Å². The maximum Gasteiger partial charge on any atom is 0.411 e. The number of carbonyl (C=O) groups is 2. The summed E-state index contributed by atoms with van der Waals surface area (Å²) in [6.45, 7) is 5.99. The van der Waals surface area contributed by atoms with E-state index in [0.29, 0.717) is 19.1 Å². The number of piperidine rings is 1. The van der Waals surface area contributed by atoms with Crippen LogP contribution in [0.1, 0.15) is 51.4 Å². The first-order valence-electron chi connectivity index (χ1n) is 12.2. The number of esters is 1. The Kier molecular flexibility index (Phi) is 7.72. The average Bonchev–Trinajstić information content (AvgIpc) is 3.57. The molecule has 8 heteroatoms. The summed E-state index contributed by atoms with van der Waals surface area (Å²) in [4.78, 5) is 32.5. The van der Waals surface area contributed by atoms with E-state index in [-0.39, 0.29) is 18.3 Å². The molecule has 2 unspecified atom stereocenters. The van der Waals surface area contributed by atoms with Gasteiger partial charge in [-0.1, -0.05) is 19.3 Å². The molecule has 1 saturated carbocycles. The van der Waals surface area contributed by atoms with Crippen LogP contribution in [0.5, 0.6) is 0 Å². The number of amides is 1. The van der Waals surface area contributed by atoms with Crippen LogP contribution in [0.15, 0.2) is 0 Å². The molecule has 3 aliphatic heterocycles. The molecule has 1 amide bonds. The Hall–Kier alpha value is -1.38. The predicted molar refractivity (Wildman–Crippen MR) is 118 cm³/mol. The van der Waals surface area contributed by atoms with Gasteiger partial charge in [-0.2, -0.15) is 0 Å². The maximum absolute atomic E-state index is 11.9. The summed E-state index contributed by atoms with van der Waals surface area (Å²) in [6.07, 6.45) is 10.0. The third kappa shape index (κ3) is 6.11. The van der Waals surface area contributed by atoms with Gasteiger partial charge in [-0.05, 0) is 51.1 Å². The third-order valence-corrected chi connectivity index (χ3v) is 7.65. The summed E-state index contributed by atoms with van der Waals surface area (Å²) < 4.78 is 10.5. The minimum atomic E-state index is -0.238. The number of methoxy groups -OCH3 is 1. The molecule has 3 saturated heterocycles. The Bertz CT molecular complexity index is 621. The first-order chi connectivity index (χ1) is 15.0. The van der Waals surface area contributed by atoms with Crippen molar-refractivity contribution in [1.82, 2.24) is 19.6 Å². The lowest BCUT2D eigenvalue weighted by Crippen LogP contribution is -2.58. The van der Waals surface area contributed by atoms with Crippen molar-refractivity contribution in [3.8, 4) is 0 Å². The highest BCUT2D eigenvalue weighted by Gasteiger charge is 2.39. The highest BCUT2D eigenvalue weighted by molar-refractivity contribution is 5.71. The molecule has 1 aliphatic carbocycles. The van der Waals surface area contributed by atoms with Crippen molar-refractivity contribution >= 4 is 12.1 Å². The summed E-state index contributed by atoms with van der Waals surface area (Å²) in [7, 11) is 3.23. The minimum Gasteiger partial charge on any atom is -0.468 e. The summed E-state index contributed by atoms with van der Waals surface area (Å²) in [6, 6.07) is 1.22. The Balaban J connectivity index is 1.23. The highest BCUT2D eigenvalue weighted by Crippen LogP contribution is 2.32. The smallest absolute Gasteiger partial charge is 0.411 e. The van der Waals surface area contributed by atoms with Crippen LogP contribution >= 0.6 is 0 Å². The van der Waals surface area contributed by atoms with Crippen molar-refractivity contribution < 1.29 is 19.1 Å². The fourth-order valence-corrected chi connectivity index (χ4v) is 5.55. The summed E-state index contributed by atoms with van der Waals surface area (Å²) >= 11 is 0. The number of piperazine rings is 1. The lowest BCUT2D eigenvalue weighted by molar-refractivity contribution is -0.143. The number of likely N-dealkylation sites (tertiary alicyclic amines) is 1. The zero-order valence-corrected chi connectivity index (χ0v) is 19.3. The Labute approximate surface area is 186 Å². The van der Waals surface area contributed by atoms with E-state index in [2.05, 4.69) is 14.7 Å². The summed E-state index contributed by atoms with van der Waals surface area (Å²) in [5.41, 5.74) is 0. The zero-order valence-electron chi connectivity index (χ0n) is 19.3. The van der Waals surface area contributed by atoms with Crippen LogP contribution in [0.2, 0.25) is 0 Å². The van der Waals surface area contributed by atoms with Gasteiger partial charge in [-0.3, -0.25) is 14.6 Å². The van der Waals surface area contributed by atoms with Gasteiger partial charge in [0.2, 0.25) is 0 Å². The summed E-state index contributed by atoms with van der Waals surface area (Å²) in [5.74, 6) is 0.703. The minimum absolute atomic E-state index is 0.172. The molecule has 176 valence electrons. The van der Waals surface area contributed by atoms with Crippen molar-refractivity contribution in [1.29, 1.82) is 0 Å². The quantitative estimate of drug-likeness (QED) is 0.404. The molecular formula is C23H40N4O4. The molecule has 0 bridgehead atoms. The number of unbranched alkanes of at least 4 members (excludes halogenated alkanes) is 1. The van der Waals surface area contributed by atoms with E-state index in [0.717, 1.165) is 38.0 Å². The first kappa shape index (κ1) is 22.8. The van der Waals surface area contributed by atoms with Crippen LogP contribution in [0.25, 0.3) is 0 Å². The van der Waals surface area contributed by atoms with E-state index >= 15 is 0 Å². The van der Waals surface area contributed by atoms with Gasteiger partial charge in [-0.25, -0.2) is 4.79 Å². The molecule has 4 rings (SSSR count). The van der Waals surface area contributed by atoms with Crippen LogP contribution in [0, 0.1) is 5.92 Å². The number of hydrogen-bond acceptors (Lipinski definition) is 7. The van der Waals surface area contributed by atoms with Crippen LogP contribution < -0.4 is 0 Å². The van der Waals surface area contributed by atoms with Crippen molar-refractivity contribution in [2.45, 2.75) is 69.7 Å². The largest absolute Gasteiger partial charge is 0.468 e. The van der Waals surface area contributed by atoms with Gasteiger partial charge in [0.25, 0.3) is 0 Å². The van der Waals surface area contributed by atoms with Gasteiger partial charge in [0, 0.05) is 38.8 Å². The molecule has 0 N–H and O–H groups in total. The fourth-order valence-electron chi connectivity index (χ4n) is 5.55. The van der Waals surface area contributed by atoms with E-state index in [1.54, 1.807) is 11.9 Å². The number of rotatable bonds is 9. The highest BCUT2D eigenvalue weighted by atomic mass is 16.6. The third-order valence-electron chi connectivity index (χ3n) is 7.65. The van der Waals surface area contributed by atoms with Crippen molar-refractivity contribution in [2.24, 2.45) is 5.92 Å². The SMILES string of the molecule is COC(=O)CN1CCN(C2CN(C)C(=O)O2)C(CCCCC2CCN(C3CC3)CC2)C1. The standard InChI is InChI=1S/C23H40N4O4/c1-24-16-21(31-23(24)29)27-14-13-25(17-22(28)30-2)15-20(27)6-4-3-5-18-9-11-26(12-10-18)19-7-8-19/h18-21H,3-17H2,1-2H3. The van der Waals surface area contributed by atoms with Gasteiger partial charge < -0.3 is 19.3 Å². The average molecular weight is 437 g/mol. The Morgan fingerprint density at radius 1 is 1.03 bits per heavy atom. The molecule has 0 aromatic carbocycles. The van der Waals surface area contributed by atoms with Gasteiger partial charge in [0.1, 0.15) is 0 Å². The molecule has 4 fully saturated rings. The van der Waals surface area contributed by atoms with Crippen LogP contribution in [-0.2, 0) is 14.3 Å². The Morgan fingerprint density at radius 2 is 1.77 bits per heavy atom. The normalized spacial score (nSPS) is 29.4. The topological polar surface area (TPSA) is 65.6 Å². The number of likely N-dealkylation sites (N-methyl/N-ethyl adjacent to an activating group) is 1. The number of carbonyl (C=O) groups excluding carboxylic acids is 2. The Morgan fingerprint density at radius 3 is 2.42 bits per heavy atom. The second kappa shape index (κ2) is 10.5. The molecule has 0 spiro atoms. The van der Waals surface area contributed by atoms with Gasteiger partial charge in [0.15, 0.2) is 6.23 Å². The number of cyclic esters (lactones) is 1. The zero-order chi connectivity index (χ0) is 21.8. The maximum atomic E-state index is 11.9. The number of hydrogen-bond donors (Lipinski definition) is 0. The molecule has 2 atom stereocenters. The van der Waals surface area contributed by atoms with E-state index in [9.17, 15) is 9.59 Å². The van der Waals surface area contributed by atoms with Gasteiger partial charge >= 0.3 is 12.1 Å². The van der Waals surface area contributed by atoms with Crippen LogP contribution in [-0.4, -0.2) is 110 Å². The fraction of sp³-hybridized carbons (Fsp3) is 0.913. The molecule has 0 radical (unpaired) electrons.